The summed E-state index contributed by atoms with van der Waals surface area (Å²) < 4.78 is 3.21. The van der Waals surface area contributed by atoms with Crippen LogP contribution in [-0.4, -0.2) is 9.55 Å². The van der Waals surface area contributed by atoms with Gasteiger partial charge < -0.3 is 0 Å². The molecule has 2 aromatic carbocycles. The Hall–Kier alpha value is -1.87. The first-order chi connectivity index (χ1) is 8.78. The van der Waals surface area contributed by atoms with E-state index in [9.17, 15) is 0 Å². The van der Waals surface area contributed by atoms with Gasteiger partial charge in [0.2, 0.25) is 0 Å². The highest BCUT2D eigenvalue weighted by Gasteiger charge is 2.05. The summed E-state index contributed by atoms with van der Waals surface area (Å²) in [4.78, 5) is 4.34. The van der Waals surface area contributed by atoms with Crippen LogP contribution in [0.1, 0.15) is 5.56 Å². The summed E-state index contributed by atoms with van der Waals surface area (Å²) >= 11 is 2.29. The van der Waals surface area contributed by atoms with Gasteiger partial charge in [0.1, 0.15) is 6.33 Å². The van der Waals surface area contributed by atoms with Crippen molar-refractivity contribution in [3.63, 3.8) is 0 Å². The zero-order valence-electron chi connectivity index (χ0n) is 9.34. The van der Waals surface area contributed by atoms with Crippen molar-refractivity contribution in [2.45, 2.75) is 0 Å². The molecule has 3 rings (SSSR count). The van der Waals surface area contributed by atoms with Gasteiger partial charge in [-0.05, 0) is 59.0 Å². The average Bonchev–Trinajstić information content (AvgIpc) is 2.81. The number of benzene rings is 2. The summed E-state index contributed by atoms with van der Waals surface area (Å²) in [6, 6.07) is 15.9. The van der Waals surface area contributed by atoms with Crippen LogP contribution in [0, 0.1) is 14.9 Å². The van der Waals surface area contributed by atoms with Gasteiger partial charge in [-0.15, -0.1) is 0 Å². The maximum Gasteiger partial charge on any atom is 0.100 e. The summed E-state index contributed by atoms with van der Waals surface area (Å²) in [5.41, 5.74) is 3.56. The van der Waals surface area contributed by atoms with Crippen molar-refractivity contribution in [2.24, 2.45) is 0 Å². The normalized spacial score (nSPS) is 10.4. The summed E-state index contributed by atoms with van der Waals surface area (Å²) in [7, 11) is 0. The van der Waals surface area contributed by atoms with E-state index in [1.165, 1.54) is 3.57 Å². The molecular weight excluding hydrogens is 337 g/mol. The number of rotatable bonds is 1. The smallest absolute Gasteiger partial charge is 0.100 e. The largest absolute Gasteiger partial charge is 0.299 e. The van der Waals surface area contributed by atoms with Crippen molar-refractivity contribution in [1.29, 1.82) is 5.26 Å². The lowest BCUT2D eigenvalue weighted by atomic mass is 10.2. The Morgan fingerprint density at radius 1 is 1.17 bits per heavy atom. The van der Waals surface area contributed by atoms with Crippen LogP contribution < -0.4 is 0 Å². The van der Waals surface area contributed by atoms with E-state index >= 15 is 0 Å². The molecule has 0 aliphatic heterocycles. The minimum Gasteiger partial charge on any atom is -0.299 e. The Labute approximate surface area is 118 Å². The third-order valence-corrected chi connectivity index (χ3v) is 3.43. The number of hydrogen-bond acceptors (Lipinski definition) is 2. The first-order valence-corrected chi connectivity index (χ1v) is 6.49. The number of imidazole rings is 1. The van der Waals surface area contributed by atoms with Gasteiger partial charge >= 0.3 is 0 Å². The summed E-state index contributed by atoms with van der Waals surface area (Å²) in [5, 5.41) is 8.87. The standard InChI is InChI=1S/C14H8IN3/c15-11-2-1-3-12(7-11)18-9-17-13-6-10(8-16)4-5-14(13)18/h1-7,9H. The summed E-state index contributed by atoms with van der Waals surface area (Å²) in [6.45, 7) is 0. The molecule has 4 heteroatoms. The minimum atomic E-state index is 0.635. The van der Waals surface area contributed by atoms with Gasteiger partial charge in [0, 0.05) is 9.26 Å². The topological polar surface area (TPSA) is 41.6 Å². The van der Waals surface area contributed by atoms with E-state index in [0.717, 1.165) is 16.7 Å². The van der Waals surface area contributed by atoms with E-state index in [0.29, 0.717) is 5.56 Å². The van der Waals surface area contributed by atoms with Crippen molar-refractivity contribution in [1.82, 2.24) is 9.55 Å². The van der Waals surface area contributed by atoms with E-state index in [4.69, 9.17) is 5.26 Å². The molecule has 18 heavy (non-hydrogen) atoms. The van der Waals surface area contributed by atoms with Crippen LogP contribution in [-0.2, 0) is 0 Å². The Morgan fingerprint density at radius 2 is 2.06 bits per heavy atom. The van der Waals surface area contributed by atoms with Crippen LogP contribution in [0.25, 0.3) is 16.7 Å². The number of nitriles is 1. The van der Waals surface area contributed by atoms with Crippen LogP contribution in [0.3, 0.4) is 0 Å². The maximum absolute atomic E-state index is 8.87. The predicted molar refractivity (Wildman–Crippen MR) is 78.5 cm³/mol. The van der Waals surface area contributed by atoms with Gasteiger partial charge in [-0.3, -0.25) is 4.57 Å². The van der Waals surface area contributed by atoms with Crippen LogP contribution >= 0.6 is 22.6 Å². The molecule has 0 spiro atoms. The van der Waals surface area contributed by atoms with Gasteiger partial charge in [0.25, 0.3) is 0 Å². The van der Waals surface area contributed by atoms with E-state index in [1.54, 1.807) is 12.4 Å². The average molecular weight is 345 g/mol. The van der Waals surface area contributed by atoms with Crippen LogP contribution in [0.5, 0.6) is 0 Å². The Morgan fingerprint density at radius 3 is 2.83 bits per heavy atom. The highest BCUT2D eigenvalue weighted by Crippen LogP contribution is 2.20. The second kappa shape index (κ2) is 4.42. The number of hydrogen-bond donors (Lipinski definition) is 0. The fourth-order valence-electron chi connectivity index (χ4n) is 1.91. The van der Waals surface area contributed by atoms with Crippen LogP contribution in [0.15, 0.2) is 48.8 Å². The van der Waals surface area contributed by atoms with Crippen molar-refractivity contribution in [3.8, 4) is 11.8 Å². The molecule has 0 aliphatic carbocycles. The summed E-state index contributed by atoms with van der Waals surface area (Å²) in [5.74, 6) is 0. The highest BCUT2D eigenvalue weighted by atomic mass is 127. The van der Waals surface area contributed by atoms with Gasteiger partial charge in [-0.1, -0.05) is 6.07 Å². The molecule has 0 bridgehead atoms. The number of halogens is 1. The predicted octanol–water partition coefficient (Wildman–Crippen LogP) is 3.50. The van der Waals surface area contributed by atoms with Gasteiger partial charge in [0.05, 0.1) is 22.7 Å². The quantitative estimate of drug-likeness (QED) is 0.634. The second-order valence-electron chi connectivity index (χ2n) is 3.91. The molecule has 0 saturated carbocycles. The van der Waals surface area contributed by atoms with Crippen LogP contribution in [0.2, 0.25) is 0 Å². The lowest BCUT2D eigenvalue weighted by molar-refractivity contribution is 1.09. The molecule has 0 atom stereocenters. The lowest BCUT2D eigenvalue weighted by Crippen LogP contribution is -1.92. The first kappa shape index (κ1) is 11.2. The van der Waals surface area contributed by atoms with E-state index in [2.05, 4.69) is 45.8 Å². The van der Waals surface area contributed by atoms with Crippen molar-refractivity contribution in [3.05, 3.63) is 57.9 Å². The molecule has 1 heterocycles. The second-order valence-corrected chi connectivity index (χ2v) is 5.16. The Balaban J connectivity index is 2.22. The molecule has 0 amide bonds. The molecule has 0 unspecified atom stereocenters. The zero-order chi connectivity index (χ0) is 12.5. The molecular formula is C14H8IN3. The monoisotopic (exact) mass is 345 g/mol. The SMILES string of the molecule is N#Cc1ccc2c(c1)ncn2-c1cccc(I)c1. The minimum absolute atomic E-state index is 0.635. The molecule has 0 aliphatic rings. The van der Waals surface area contributed by atoms with Crippen molar-refractivity contribution < 1.29 is 0 Å². The Bertz CT molecular complexity index is 768. The number of aromatic nitrogens is 2. The summed E-state index contributed by atoms with van der Waals surface area (Å²) in [6.07, 6.45) is 1.79. The van der Waals surface area contributed by atoms with Gasteiger partial charge in [0.15, 0.2) is 0 Å². The Kier molecular flexibility index (Phi) is 2.76. The lowest BCUT2D eigenvalue weighted by Gasteiger charge is -2.04. The molecule has 0 saturated heterocycles. The van der Waals surface area contributed by atoms with E-state index in [1.807, 2.05) is 28.8 Å². The first-order valence-electron chi connectivity index (χ1n) is 5.41. The maximum atomic E-state index is 8.87. The molecule has 0 radical (unpaired) electrons. The molecule has 0 fully saturated rings. The van der Waals surface area contributed by atoms with E-state index < -0.39 is 0 Å². The third kappa shape index (κ3) is 1.87. The fourth-order valence-corrected chi connectivity index (χ4v) is 2.44. The zero-order valence-corrected chi connectivity index (χ0v) is 11.5. The molecule has 1 aromatic heterocycles. The molecule has 0 N–H and O–H groups in total. The molecule has 86 valence electrons. The highest BCUT2D eigenvalue weighted by molar-refractivity contribution is 14.1. The number of fused-ring (bicyclic) bond motifs is 1. The van der Waals surface area contributed by atoms with Gasteiger partial charge in [-0.25, -0.2) is 4.98 Å². The van der Waals surface area contributed by atoms with Gasteiger partial charge in [-0.2, -0.15) is 5.26 Å². The number of nitrogens with zero attached hydrogens (tertiary/aromatic N) is 3. The van der Waals surface area contributed by atoms with Crippen molar-refractivity contribution >= 4 is 33.6 Å². The van der Waals surface area contributed by atoms with E-state index in [-0.39, 0.29) is 0 Å². The fraction of sp³-hybridized carbons (Fsp3) is 0. The molecule has 3 aromatic rings. The van der Waals surface area contributed by atoms with Crippen molar-refractivity contribution in [2.75, 3.05) is 0 Å². The molecule has 3 nitrogen and oxygen atoms in total. The van der Waals surface area contributed by atoms with Crippen LogP contribution in [0.4, 0.5) is 0 Å². The third-order valence-electron chi connectivity index (χ3n) is 2.76.